The van der Waals surface area contributed by atoms with E-state index in [9.17, 15) is 13.2 Å². The molecule has 2 aromatic carbocycles. The van der Waals surface area contributed by atoms with Gasteiger partial charge in [0.1, 0.15) is 5.75 Å². The Balaban J connectivity index is 2.20. The Kier molecular flexibility index (Phi) is 6.98. The zero-order valence-corrected chi connectivity index (χ0v) is 17.0. The number of nitrogens with one attached hydrogen (secondary N) is 1. The molecule has 0 aromatic heterocycles. The lowest BCUT2D eigenvalue weighted by molar-refractivity contribution is -0.116. The highest BCUT2D eigenvalue weighted by Crippen LogP contribution is 2.24. The number of benzene rings is 2. The summed E-state index contributed by atoms with van der Waals surface area (Å²) in [6.45, 7) is 5.43. The molecule has 0 fully saturated rings. The van der Waals surface area contributed by atoms with Gasteiger partial charge in [-0.25, -0.2) is 8.42 Å². The summed E-state index contributed by atoms with van der Waals surface area (Å²) in [6, 6.07) is 12.2. The average molecular weight is 391 g/mol. The highest BCUT2D eigenvalue weighted by atomic mass is 32.2. The summed E-state index contributed by atoms with van der Waals surface area (Å²) in [6.07, 6.45) is 0.775. The predicted octanol–water partition coefficient (Wildman–Crippen LogP) is 3.22. The van der Waals surface area contributed by atoms with Crippen LogP contribution in [0.2, 0.25) is 0 Å². The molecule has 0 aliphatic carbocycles. The van der Waals surface area contributed by atoms with E-state index in [1.54, 1.807) is 26.0 Å². The number of aryl methyl sites for hydroxylation is 2. The summed E-state index contributed by atoms with van der Waals surface area (Å²) >= 11 is 0. The smallest absolute Gasteiger partial charge is 0.243 e. The van der Waals surface area contributed by atoms with Crippen LogP contribution in [0.1, 0.15) is 25.0 Å². The fraction of sp³-hybridized carbons (Fsp3) is 0.350. The van der Waals surface area contributed by atoms with Crippen LogP contribution in [-0.4, -0.2) is 38.8 Å². The Hall–Kier alpha value is -2.38. The van der Waals surface area contributed by atoms with Gasteiger partial charge in [0, 0.05) is 12.2 Å². The van der Waals surface area contributed by atoms with Gasteiger partial charge in [-0.15, -0.1) is 0 Å². The van der Waals surface area contributed by atoms with Crippen molar-refractivity contribution >= 4 is 21.6 Å². The van der Waals surface area contributed by atoms with Gasteiger partial charge in [-0.2, -0.15) is 4.31 Å². The van der Waals surface area contributed by atoms with E-state index in [1.807, 2.05) is 31.2 Å². The van der Waals surface area contributed by atoms with E-state index in [0.29, 0.717) is 11.4 Å². The first-order valence-electron chi connectivity index (χ1n) is 8.86. The molecule has 0 saturated carbocycles. The van der Waals surface area contributed by atoms with Gasteiger partial charge in [0.25, 0.3) is 0 Å². The topological polar surface area (TPSA) is 75.7 Å². The molecule has 146 valence electrons. The number of carbonyl (C=O) groups is 1. The first kappa shape index (κ1) is 20.9. The van der Waals surface area contributed by atoms with E-state index < -0.39 is 10.0 Å². The Bertz CT molecular complexity index is 910. The van der Waals surface area contributed by atoms with Crippen LogP contribution in [0, 0.1) is 6.92 Å². The van der Waals surface area contributed by atoms with Gasteiger partial charge in [0.05, 0.1) is 18.6 Å². The largest absolute Gasteiger partial charge is 0.496 e. The minimum atomic E-state index is -3.78. The minimum Gasteiger partial charge on any atom is -0.496 e. The highest BCUT2D eigenvalue weighted by Gasteiger charge is 2.26. The van der Waals surface area contributed by atoms with E-state index in [0.717, 1.165) is 21.9 Å². The number of para-hydroxylation sites is 1. The molecule has 1 amide bonds. The van der Waals surface area contributed by atoms with Gasteiger partial charge in [0.2, 0.25) is 15.9 Å². The Morgan fingerprint density at radius 2 is 1.85 bits per heavy atom. The van der Waals surface area contributed by atoms with E-state index in [2.05, 4.69) is 5.32 Å². The predicted molar refractivity (Wildman–Crippen MR) is 107 cm³/mol. The first-order chi connectivity index (χ1) is 12.8. The number of methoxy groups -OCH3 is 1. The zero-order chi connectivity index (χ0) is 20.0. The molecule has 2 rings (SSSR count). The Morgan fingerprint density at radius 1 is 1.15 bits per heavy atom. The third-order valence-corrected chi connectivity index (χ3v) is 6.27. The van der Waals surface area contributed by atoms with Gasteiger partial charge in [-0.05, 0) is 48.7 Å². The number of sulfonamides is 1. The molecule has 2 aromatic rings. The number of carbonyl (C=O) groups excluding carboxylic acids is 1. The molecule has 27 heavy (non-hydrogen) atoms. The lowest BCUT2D eigenvalue weighted by Gasteiger charge is -2.21. The van der Waals surface area contributed by atoms with Crippen molar-refractivity contribution in [1.29, 1.82) is 0 Å². The molecule has 0 atom stereocenters. The van der Waals surface area contributed by atoms with Crippen molar-refractivity contribution < 1.29 is 17.9 Å². The molecule has 0 unspecified atom stereocenters. The quantitative estimate of drug-likeness (QED) is 0.751. The van der Waals surface area contributed by atoms with Crippen LogP contribution in [0.4, 0.5) is 5.69 Å². The molecule has 0 aliphatic heterocycles. The minimum absolute atomic E-state index is 0.143. The van der Waals surface area contributed by atoms with Crippen LogP contribution in [0.25, 0.3) is 0 Å². The molecule has 0 saturated heterocycles. The molecule has 0 bridgehead atoms. The summed E-state index contributed by atoms with van der Waals surface area (Å²) in [7, 11) is -2.25. The van der Waals surface area contributed by atoms with Gasteiger partial charge in [0.15, 0.2) is 0 Å². The fourth-order valence-electron chi connectivity index (χ4n) is 2.83. The van der Waals surface area contributed by atoms with Crippen LogP contribution in [-0.2, 0) is 21.2 Å². The molecule has 0 heterocycles. The summed E-state index contributed by atoms with van der Waals surface area (Å²) in [5, 5.41) is 2.81. The molecule has 1 N–H and O–H groups in total. The highest BCUT2D eigenvalue weighted by molar-refractivity contribution is 7.89. The zero-order valence-electron chi connectivity index (χ0n) is 16.2. The molecule has 0 aliphatic rings. The van der Waals surface area contributed by atoms with Crippen molar-refractivity contribution in [2.45, 2.75) is 32.1 Å². The number of nitrogens with zero attached hydrogens (tertiary/aromatic N) is 1. The maximum atomic E-state index is 12.9. The van der Waals surface area contributed by atoms with Crippen molar-refractivity contribution in [2.24, 2.45) is 0 Å². The van der Waals surface area contributed by atoms with Crippen LogP contribution in [0.15, 0.2) is 47.4 Å². The van der Waals surface area contributed by atoms with Gasteiger partial charge < -0.3 is 10.1 Å². The normalized spacial score (nSPS) is 11.4. The van der Waals surface area contributed by atoms with Crippen molar-refractivity contribution in [2.75, 3.05) is 25.5 Å². The fourth-order valence-corrected chi connectivity index (χ4v) is 4.32. The van der Waals surface area contributed by atoms with Crippen LogP contribution in [0.5, 0.6) is 5.75 Å². The van der Waals surface area contributed by atoms with Gasteiger partial charge in [-0.1, -0.05) is 32.0 Å². The van der Waals surface area contributed by atoms with Crippen molar-refractivity contribution in [3.8, 4) is 5.75 Å². The Morgan fingerprint density at radius 3 is 2.44 bits per heavy atom. The van der Waals surface area contributed by atoms with Crippen molar-refractivity contribution in [3.63, 3.8) is 0 Å². The second-order valence-corrected chi connectivity index (χ2v) is 8.06. The monoisotopic (exact) mass is 390 g/mol. The maximum absolute atomic E-state index is 12.9. The second-order valence-electron chi connectivity index (χ2n) is 6.12. The molecule has 0 radical (unpaired) electrons. The van der Waals surface area contributed by atoms with Gasteiger partial charge in [-0.3, -0.25) is 4.79 Å². The van der Waals surface area contributed by atoms with Crippen LogP contribution in [0.3, 0.4) is 0 Å². The second kappa shape index (κ2) is 9.01. The molecule has 0 spiro atoms. The number of anilines is 1. The van der Waals surface area contributed by atoms with E-state index in [1.165, 1.54) is 13.2 Å². The van der Waals surface area contributed by atoms with Crippen LogP contribution < -0.4 is 10.1 Å². The number of amides is 1. The van der Waals surface area contributed by atoms with Gasteiger partial charge >= 0.3 is 0 Å². The molecular weight excluding hydrogens is 364 g/mol. The molecule has 7 heteroatoms. The maximum Gasteiger partial charge on any atom is 0.243 e. The van der Waals surface area contributed by atoms with E-state index in [-0.39, 0.29) is 23.9 Å². The summed E-state index contributed by atoms with van der Waals surface area (Å²) in [5.74, 6) is 0.248. The average Bonchev–Trinajstić information content (AvgIpc) is 2.66. The SMILES string of the molecule is CCc1ccccc1NC(=O)CN(CC)S(=O)(=O)c1ccc(OC)c(C)c1. The third kappa shape index (κ3) is 4.87. The standard InChI is InChI=1S/C20H26N2O4S/c1-5-16-9-7-8-10-18(16)21-20(23)14-22(6-2)27(24,25)17-11-12-19(26-4)15(3)13-17/h7-13H,5-6,14H2,1-4H3,(H,21,23). The van der Waals surface area contributed by atoms with Crippen molar-refractivity contribution in [3.05, 3.63) is 53.6 Å². The number of likely N-dealkylation sites (N-methyl/N-ethyl adjacent to an activating group) is 1. The third-order valence-electron chi connectivity index (χ3n) is 4.35. The summed E-state index contributed by atoms with van der Waals surface area (Å²) in [5.41, 5.74) is 2.43. The lowest BCUT2D eigenvalue weighted by atomic mass is 10.1. The number of ether oxygens (including phenoxy) is 1. The number of hydrogen-bond donors (Lipinski definition) is 1. The molecule has 6 nitrogen and oxygen atoms in total. The van der Waals surface area contributed by atoms with E-state index in [4.69, 9.17) is 4.74 Å². The Labute approximate surface area is 161 Å². The number of rotatable bonds is 8. The summed E-state index contributed by atoms with van der Waals surface area (Å²) < 4.78 is 32.2. The molecular formula is C20H26N2O4S. The van der Waals surface area contributed by atoms with E-state index >= 15 is 0 Å². The van der Waals surface area contributed by atoms with Crippen molar-refractivity contribution in [1.82, 2.24) is 4.31 Å². The summed E-state index contributed by atoms with van der Waals surface area (Å²) in [4.78, 5) is 12.6. The first-order valence-corrected chi connectivity index (χ1v) is 10.3. The number of hydrogen-bond acceptors (Lipinski definition) is 4. The lowest BCUT2D eigenvalue weighted by Crippen LogP contribution is -2.38. The van der Waals surface area contributed by atoms with Crippen LogP contribution >= 0.6 is 0 Å².